The standard InChI is InChI=1S/C21H28N4O3/c1-4-5-12-23-20(26)16-8-6-15(7-9-16)14-24-21(22)25-17-10-11-18(27-2)19(13-17)28-3/h6-11,13H,4-5,12,14H2,1-3H3,(H,23,26)(H3,22,24,25). The van der Waals surface area contributed by atoms with Gasteiger partial charge in [-0.3, -0.25) is 4.79 Å². The minimum absolute atomic E-state index is 0.0573. The number of nitrogens with one attached hydrogen (secondary N) is 2. The number of nitrogens with zero attached hydrogens (tertiary/aromatic N) is 1. The predicted molar refractivity (Wildman–Crippen MR) is 112 cm³/mol. The summed E-state index contributed by atoms with van der Waals surface area (Å²) in [6, 6.07) is 12.7. The summed E-state index contributed by atoms with van der Waals surface area (Å²) in [6.07, 6.45) is 2.03. The van der Waals surface area contributed by atoms with Crippen LogP contribution < -0.4 is 25.8 Å². The van der Waals surface area contributed by atoms with Crippen LogP contribution in [0.25, 0.3) is 0 Å². The lowest BCUT2D eigenvalue weighted by atomic mass is 10.1. The fourth-order valence-corrected chi connectivity index (χ4v) is 2.52. The number of amides is 1. The smallest absolute Gasteiger partial charge is 0.251 e. The summed E-state index contributed by atoms with van der Waals surface area (Å²) in [4.78, 5) is 16.3. The largest absolute Gasteiger partial charge is 0.493 e. The van der Waals surface area contributed by atoms with E-state index in [1.165, 1.54) is 0 Å². The Bertz CT molecular complexity index is 804. The third-order valence-corrected chi connectivity index (χ3v) is 4.12. The predicted octanol–water partition coefficient (Wildman–Crippen LogP) is 3.16. The second-order valence-electron chi connectivity index (χ2n) is 6.20. The zero-order valence-electron chi connectivity index (χ0n) is 16.6. The Labute approximate surface area is 165 Å². The molecule has 0 saturated carbocycles. The zero-order chi connectivity index (χ0) is 20.4. The number of hydrogen-bond acceptors (Lipinski definition) is 4. The van der Waals surface area contributed by atoms with E-state index in [0.29, 0.717) is 30.2 Å². The summed E-state index contributed by atoms with van der Waals surface area (Å²) < 4.78 is 10.5. The molecule has 0 aromatic heterocycles. The summed E-state index contributed by atoms with van der Waals surface area (Å²) in [5.74, 6) is 1.47. The van der Waals surface area contributed by atoms with Crippen LogP contribution in [0.4, 0.5) is 5.69 Å². The van der Waals surface area contributed by atoms with E-state index >= 15 is 0 Å². The van der Waals surface area contributed by atoms with Gasteiger partial charge in [0, 0.05) is 23.9 Å². The van der Waals surface area contributed by atoms with E-state index in [2.05, 4.69) is 22.5 Å². The lowest BCUT2D eigenvalue weighted by molar-refractivity contribution is 0.0953. The van der Waals surface area contributed by atoms with Gasteiger partial charge in [0.2, 0.25) is 0 Å². The maximum Gasteiger partial charge on any atom is 0.251 e. The van der Waals surface area contributed by atoms with Crippen LogP contribution in [-0.4, -0.2) is 32.6 Å². The van der Waals surface area contributed by atoms with Crippen LogP contribution in [0, 0.1) is 0 Å². The van der Waals surface area contributed by atoms with Gasteiger partial charge in [0.15, 0.2) is 17.5 Å². The van der Waals surface area contributed by atoms with Crippen LogP contribution in [0.15, 0.2) is 47.5 Å². The number of unbranched alkanes of at least 4 members (excludes halogenated alkanes) is 1. The number of carbonyl (C=O) groups is 1. The third-order valence-electron chi connectivity index (χ3n) is 4.12. The molecule has 0 aliphatic rings. The molecule has 2 rings (SSSR count). The monoisotopic (exact) mass is 384 g/mol. The molecule has 0 heterocycles. The van der Waals surface area contributed by atoms with Gasteiger partial charge in [0.25, 0.3) is 5.91 Å². The van der Waals surface area contributed by atoms with Crippen molar-refractivity contribution in [3.63, 3.8) is 0 Å². The molecule has 0 atom stereocenters. The summed E-state index contributed by atoms with van der Waals surface area (Å²) >= 11 is 0. The molecule has 0 fully saturated rings. The van der Waals surface area contributed by atoms with E-state index < -0.39 is 0 Å². The van der Waals surface area contributed by atoms with Crippen molar-refractivity contribution in [3.05, 3.63) is 53.6 Å². The van der Waals surface area contributed by atoms with E-state index in [1.807, 2.05) is 18.2 Å². The second-order valence-corrected chi connectivity index (χ2v) is 6.20. The van der Waals surface area contributed by atoms with Crippen molar-refractivity contribution in [3.8, 4) is 11.5 Å². The van der Waals surface area contributed by atoms with Gasteiger partial charge < -0.3 is 25.8 Å². The summed E-state index contributed by atoms with van der Waals surface area (Å²) in [6.45, 7) is 3.19. The van der Waals surface area contributed by atoms with Crippen molar-refractivity contribution in [2.45, 2.75) is 26.3 Å². The number of ether oxygens (including phenoxy) is 2. The number of rotatable bonds is 9. The molecule has 0 aliphatic carbocycles. The molecule has 150 valence electrons. The summed E-state index contributed by atoms with van der Waals surface area (Å²) in [5.41, 5.74) is 8.31. The maximum absolute atomic E-state index is 12.0. The average molecular weight is 384 g/mol. The highest BCUT2D eigenvalue weighted by Crippen LogP contribution is 2.29. The fraction of sp³-hybridized carbons (Fsp3) is 0.333. The van der Waals surface area contributed by atoms with Crippen LogP contribution in [0.2, 0.25) is 0 Å². The lowest BCUT2D eigenvalue weighted by Gasteiger charge is -2.11. The van der Waals surface area contributed by atoms with Gasteiger partial charge >= 0.3 is 0 Å². The minimum Gasteiger partial charge on any atom is -0.493 e. The van der Waals surface area contributed by atoms with Crippen molar-refractivity contribution < 1.29 is 14.3 Å². The van der Waals surface area contributed by atoms with Crippen LogP contribution >= 0.6 is 0 Å². The first kappa shape index (κ1) is 21.1. The first-order valence-electron chi connectivity index (χ1n) is 9.23. The Morgan fingerprint density at radius 1 is 1.07 bits per heavy atom. The Hall–Kier alpha value is -3.22. The van der Waals surface area contributed by atoms with Crippen molar-refractivity contribution in [1.29, 1.82) is 0 Å². The highest BCUT2D eigenvalue weighted by atomic mass is 16.5. The van der Waals surface area contributed by atoms with E-state index in [-0.39, 0.29) is 11.9 Å². The highest BCUT2D eigenvalue weighted by molar-refractivity contribution is 5.94. The minimum atomic E-state index is -0.0573. The fourth-order valence-electron chi connectivity index (χ4n) is 2.52. The third kappa shape index (κ3) is 6.19. The zero-order valence-corrected chi connectivity index (χ0v) is 16.6. The molecule has 7 nitrogen and oxygen atoms in total. The number of methoxy groups -OCH3 is 2. The Balaban J connectivity index is 1.93. The van der Waals surface area contributed by atoms with Gasteiger partial charge in [-0.25, -0.2) is 4.99 Å². The van der Waals surface area contributed by atoms with E-state index in [4.69, 9.17) is 15.2 Å². The highest BCUT2D eigenvalue weighted by Gasteiger charge is 2.06. The topological polar surface area (TPSA) is 98.0 Å². The number of aliphatic imine (C=N–C) groups is 1. The Morgan fingerprint density at radius 2 is 1.79 bits per heavy atom. The molecule has 1 amide bonds. The first-order valence-corrected chi connectivity index (χ1v) is 9.23. The summed E-state index contributed by atoms with van der Waals surface area (Å²) in [7, 11) is 3.16. The molecule has 0 aliphatic heterocycles. The van der Waals surface area contributed by atoms with Crippen molar-refractivity contribution in [1.82, 2.24) is 5.32 Å². The quantitative estimate of drug-likeness (QED) is 0.350. The number of benzene rings is 2. The molecule has 0 saturated heterocycles. The molecule has 7 heteroatoms. The molecule has 2 aromatic rings. The normalized spacial score (nSPS) is 11.0. The number of carbonyl (C=O) groups excluding carboxylic acids is 1. The first-order chi connectivity index (χ1) is 13.6. The van der Waals surface area contributed by atoms with Gasteiger partial charge in [-0.1, -0.05) is 25.5 Å². The van der Waals surface area contributed by atoms with Gasteiger partial charge in [-0.05, 0) is 36.2 Å². The maximum atomic E-state index is 12.0. The van der Waals surface area contributed by atoms with Crippen molar-refractivity contribution >= 4 is 17.6 Å². The summed E-state index contributed by atoms with van der Waals surface area (Å²) in [5, 5.41) is 5.92. The van der Waals surface area contributed by atoms with E-state index in [0.717, 1.165) is 24.1 Å². The van der Waals surface area contributed by atoms with E-state index in [9.17, 15) is 4.79 Å². The molecule has 2 aromatic carbocycles. The lowest BCUT2D eigenvalue weighted by Crippen LogP contribution is -2.24. The molecular weight excluding hydrogens is 356 g/mol. The van der Waals surface area contributed by atoms with Gasteiger partial charge in [-0.2, -0.15) is 0 Å². The van der Waals surface area contributed by atoms with E-state index in [1.54, 1.807) is 38.5 Å². The molecule has 0 bridgehead atoms. The number of hydrogen-bond donors (Lipinski definition) is 3. The van der Waals surface area contributed by atoms with Gasteiger partial charge in [-0.15, -0.1) is 0 Å². The van der Waals surface area contributed by atoms with Crippen molar-refractivity contribution in [2.75, 3.05) is 26.1 Å². The van der Waals surface area contributed by atoms with Gasteiger partial charge in [0.1, 0.15) is 0 Å². The average Bonchev–Trinajstić information content (AvgIpc) is 2.72. The SMILES string of the molecule is CCCCNC(=O)c1ccc(CN=C(N)Nc2ccc(OC)c(OC)c2)cc1. The molecule has 0 unspecified atom stereocenters. The number of anilines is 1. The molecule has 4 N–H and O–H groups in total. The van der Waals surface area contributed by atoms with Crippen LogP contribution in [0.3, 0.4) is 0 Å². The Morgan fingerprint density at radius 3 is 2.43 bits per heavy atom. The van der Waals surface area contributed by atoms with Crippen LogP contribution in [-0.2, 0) is 6.54 Å². The number of nitrogens with two attached hydrogens (primary N) is 1. The van der Waals surface area contributed by atoms with Crippen LogP contribution in [0.5, 0.6) is 11.5 Å². The van der Waals surface area contributed by atoms with Crippen LogP contribution in [0.1, 0.15) is 35.7 Å². The van der Waals surface area contributed by atoms with Gasteiger partial charge in [0.05, 0.1) is 20.8 Å². The molecule has 28 heavy (non-hydrogen) atoms. The second kappa shape index (κ2) is 10.8. The molecule has 0 spiro atoms. The number of guanidine groups is 1. The Kier molecular flexibility index (Phi) is 8.14. The molecular formula is C21H28N4O3. The molecule has 0 radical (unpaired) electrons. The van der Waals surface area contributed by atoms with Crippen molar-refractivity contribution in [2.24, 2.45) is 10.7 Å².